The van der Waals surface area contributed by atoms with E-state index in [9.17, 15) is 0 Å². The van der Waals surface area contributed by atoms with Crippen LogP contribution in [0.1, 0.15) is 0 Å². The van der Waals surface area contributed by atoms with Gasteiger partial charge < -0.3 is 8.83 Å². The van der Waals surface area contributed by atoms with Crippen molar-refractivity contribution in [3.63, 3.8) is 0 Å². The van der Waals surface area contributed by atoms with E-state index >= 15 is 0 Å². The topological polar surface area (TPSA) is 77.8 Å². The lowest BCUT2D eigenvalue weighted by Crippen LogP contribution is -2.00. The molecular weight excluding hydrogens is 673 g/mol. The normalized spacial score (nSPS) is 11.8. The molecule has 0 saturated heterocycles. The number of benzene rings is 7. The third-order valence-corrected chi connectivity index (χ3v) is 10.9. The van der Waals surface area contributed by atoms with Crippen molar-refractivity contribution in [1.29, 1.82) is 0 Å². The van der Waals surface area contributed by atoms with E-state index in [2.05, 4.69) is 66.7 Å². The summed E-state index contributed by atoms with van der Waals surface area (Å²) in [6.45, 7) is 0. The first-order valence-corrected chi connectivity index (χ1v) is 18.2. The van der Waals surface area contributed by atoms with Crippen LogP contribution in [-0.4, -0.2) is 19.9 Å². The minimum Gasteiger partial charge on any atom is -0.456 e. The molecule has 0 N–H and O–H groups in total. The smallest absolute Gasteiger partial charge is 0.164 e. The molecule has 0 aliphatic rings. The first-order valence-electron chi connectivity index (χ1n) is 17.4. The Morgan fingerprint density at radius 2 is 0.943 bits per heavy atom. The number of hydrogen-bond donors (Lipinski definition) is 0. The van der Waals surface area contributed by atoms with Crippen LogP contribution >= 0.6 is 11.3 Å². The molecule has 11 aromatic rings. The van der Waals surface area contributed by atoms with Gasteiger partial charge in [0, 0.05) is 49.9 Å². The van der Waals surface area contributed by atoms with Crippen LogP contribution in [0.25, 0.3) is 110 Å². The Morgan fingerprint density at radius 3 is 1.70 bits per heavy atom. The highest BCUT2D eigenvalue weighted by atomic mass is 32.1. The largest absolute Gasteiger partial charge is 0.456 e. The molecule has 4 aromatic heterocycles. The maximum atomic E-state index is 6.42. The van der Waals surface area contributed by atoms with Gasteiger partial charge in [0.1, 0.15) is 27.3 Å². The Kier molecular flexibility index (Phi) is 6.62. The predicted molar refractivity (Wildman–Crippen MR) is 215 cm³/mol. The summed E-state index contributed by atoms with van der Waals surface area (Å²) < 4.78 is 13.8. The van der Waals surface area contributed by atoms with Crippen molar-refractivity contribution in [1.82, 2.24) is 19.9 Å². The maximum Gasteiger partial charge on any atom is 0.164 e. The quantitative estimate of drug-likeness (QED) is 0.178. The van der Waals surface area contributed by atoms with Gasteiger partial charge in [0.25, 0.3) is 0 Å². The van der Waals surface area contributed by atoms with Crippen molar-refractivity contribution in [3.05, 3.63) is 158 Å². The molecule has 4 heterocycles. The third-order valence-electron chi connectivity index (χ3n) is 9.79. The van der Waals surface area contributed by atoms with Crippen LogP contribution in [0.3, 0.4) is 0 Å². The predicted octanol–water partition coefficient (Wildman–Crippen LogP) is 12.6. The van der Waals surface area contributed by atoms with E-state index in [1.165, 1.54) is 0 Å². The second kappa shape index (κ2) is 11.8. The molecule has 0 fully saturated rings. The summed E-state index contributed by atoms with van der Waals surface area (Å²) in [6, 6.07) is 53.4. The Hall–Kier alpha value is -6.96. The first kappa shape index (κ1) is 29.7. The molecule has 7 aromatic carbocycles. The van der Waals surface area contributed by atoms with Gasteiger partial charge in [0.2, 0.25) is 0 Å². The number of aromatic nitrogens is 4. The van der Waals surface area contributed by atoms with Crippen molar-refractivity contribution < 1.29 is 8.83 Å². The summed E-state index contributed by atoms with van der Waals surface area (Å²) in [5, 5.41) is 5.17. The van der Waals surface area contributed by atoms with Crippen LogP contribution in [0.2, 0.25) is 0 Å². The van der Waals surface area contributed by atoms with Crippen molar-refractivity contribution >= 4 is 65.4 Å². The van der Waals surface area contributed by atoms with Crippen LogP contribution in [0.5, 0.6) is 0 Å². The number of furan rings is 2. The maximum absolute atomic E-state index is 6.42. The van der Waals surface area contributed by atoms with E-state index in [-0.39, 0.29) is 0 Å². The molecule has 53 heavy (non-hydrogen) atoms. The Balaban J connectivity index is 1.03. The van der Waals surface area contributed by atoms with E-state index in [1.54, 1.807) is 11.3 Å². The Bertz CT molecular complexity index is 3160. The van der Waals surface area contributed by atoms with Crippen molar-refractivity contribution in [2.75, 3.05) is 0 Å². The Labute approximate surface area is 306 Å². The molecule has 0 amide bonds. The molecule has 0 atom stereocenters. The van der Waals surface area contributed by atoms with Crippen LogP contribution in [-0.2, 0) is 0 Å². The summed E-state index contributed by atoms with van der Waals surface area (Å²) in [5.74, 6) is 1.80. The number of rotatable bonds is 5. The van der Waals surface area contributed by atoms with Gasteiger partial charge in [-0.05, 0) is 35.4 Å². The summed E-state index contributed by atoms with van der Waals surface area (Å²) in [6.07, 6.45) is 0. The molecule has 7 heteroatoms. The molecule has 0 aliphatic heterocycles. The zero-order valence-electron chi connectivity index (χ0n) is 28.0. The molecule has 6 nitrogen and oxygen atoms in total. The summed E-state index contributed by atoms with van der Waals surface area (Å²) >= 11 is 1.70. The highest BCUT2D eigenvalue weighted by molar-refractivity contribution is 7.21. The summed E-state index contributed by atoms with van der Waals surface area (Å²) in [7, 11) is 0. The van der Waals surface area contributed by atoms with Gasteiger partial charge in [-0.15, -0.1) is 11.3 Å². The lowest BCUT2D eigenvalue weighted by atomic mass is 9.98. The lowest BCUT2D eigenvalue weighted by molar-refractivity contribution is 0.669. The average Bonchev–Trinajstić information content (AvgIpc) is 3.93. The number of para-hydroxylation sites is 1. The second-order valence-electron chi connectivity index (χ2n) is 13.0. The van der Waals surface area contributed by atoms with Crippen molar-refractivity contribution in [2.24, 2.45) is 0 Å². The molecule has 0 saturated carbocycles. The zero-order valence-corrected chi connectivity index (χ0v) is 28.8. The molecule has 0 radical (unpaired) electrons. The number of hydrogen-bond acceptors (Lipinski definition) is 7. The van der Waals surface area contributed by atoms with Gasteiger partial charge in [0.05, 0.1) is 10.2 Å². The minimum atomic E-state index is 0.592. The fourth-order valence-corrected chi connectivity index (χ4v) is 8.29. The van der Waals surface area contributed by atoms with Crippen LogP contribution in [0.15, 0.2) is 167 Å². The zero-order chi connectivity index (χ0) is 34.9. The SMILES string of the molecule is c1ccc(-c2nc(-c3ccc(-c4cccc5oc6cc7nc(-c8ccccc8)sc7cc6c45)cc3)nc(-c3cccc4oc5ccccc5c34)n2)cc1. The van der Waals surface area contributed by atoms with Gasteiger partial charge in [-0.3, -0.25) is 0 Å². The minimum absolute atomic E-state index is 0.592. The molecule has 11 rings (SSSR count). The molecule has 0 bridgehead atoms. The van der Waals surface area contributed by atoms with Crippen molar-refractivity contribution in [2.45, 2.75) is 0 Å². The number of nitrogens with zero attached hydrogens (tertiary/aromatic N) is 4. The third kappa shape index (κ3) is 4.93. The monoisotopic (exact) mass is 698 g/mol. The fraction of sp³-hybridized carbons (Fsp3) is 0. The van der Waals surface area contributed by atoms with E-state index in [1.807, 2.05) is 91.0 Å². The molecule has 0 spiro atoms. The van der Waals surface area contributed by atoms with Crippen LogP contribution in [0, 0.1) is 0 Å². The first-order chi connectivity index (χ1) is 26.2. The molecular formula is C46H26N4O2S. The van der Waals surface area contributed by atoms with Gasteiger partial charge in [-0.1, -0.05) is 127 Å². The molecule has 0 unspecified atom stereocenters. The van der Waals surface area contributed by atoms with E-state index < -0.39 is 0 Å². The van der Waals surface area contributed by atoms with Crippen molar-refractivity contribution in [3.8, 4) is 55.9 Å². The van der Waals surface area contributed by atoms with Gasteiger partial charge in [-0.2, -0.15) is 0 Å². The van der Waals surface area contributed by atoms with E-state index in [0.717, 1.165) is 92.5 Å². The second-order valence-corrected chi connectivity index (χ2v) is 14.0. The van der Waals surface area contributed by atoms with Crippen LogP contribution < -0.4 is 0 Å². The Morgan fingerprint density at radius 1 is 0.377 bits per heavy atom. The summed E-state index contributed by atoms with van der Waals surface area (Å²) in [4.78, 5) is 20.0. The average molecular weight is 699 g/mol. The summed E-state index contributed by atoms with van der Waals surface area (Å²) in [5.41, 5.74) is 10.2. The highest BCUT2D eigenvalue weighted by Crippen LogP contribution is 2.41. The highest BCUT2D eigenvalue weighted by Gasteiger charge is 2.19. The van der Waals surface area contributed by atoms with E-state index in [4.69, 9.17) is 28.8 Å². The van der Waals surface area contributed by atoms with Gasteiger partial charge in [-0.25, -0.2) is 19.9 Å². The van der Waals surface area contributed by atoms with E-state index in [0.29, 0.717) is 17.5 Å². The number of fused-ring (bicyclic) bond motifs is 7. The number of thiazole rings is 1. The molecule has 248 valence electrons. The van der Waals surface area contributed by atoms with Crippen LogP contribution in [0.4, 0.5) is 0 Å². The molecule has 0 aliphatic carbocycles. The lowest BCUT2D eigenvalue weighted by Gasteiger charge is -2.10. The fourth-order valence-electron chi connectivity index (χ4n) is 7.29. The standard InChI is InChI=1S/C46H26N4O2S/c1-3-11-28(12-4-1)43-48-44(50-45(49-43)33-17-10-20-38-42(33)32-15-7-8-18-36(32)51-38)29-23-21-27(22-24-29)31-16-9-19-37-41(31)34-25-40-35(26-39(34)52-37)47-46(53-40)30-13-5-2-6-14-30/h1-26H. The van der Waals surface area contributed by atoms with Gasteiger partial charge in [0.15, 0.2) is 17.5 Å². The van der Waals surface area contributed by atoms with Gasteiger partial charge >= 0.3 is 0 Å².